The van der Waals surface area contributed by atoms with Crippen molar-refractivity contribution in [3.8, 4) is 0 Å². The Morgan fingerprint density at radius 1 is 1.07 bits per heavy atom. The maximum absolute atomic E-state index is 12.8. The van der Waals surface area contributed by atoms with Crippen LogP contribution in [-0.4, -0.2) is 38.9 Å². The second kappa shape index (κ2) is 7.64. The molecule has 0 spiro atoms. The standard InChI is InChI=1S/C21H20N4O3/c26-19(13-24-14-22-17-10-5-4-9-16(17)21(24)28)25-12-6-11-18(25)20(27)23-15-7-2-1-3-8-15/h1-5,7-10,14,18H,6,11-13H2,(H,23,27)/t18-/m1/s1. The largest absolute Gasteiger partial charge is 0.329 e. The fourth-order valence-corrected chi connectivity index (χ4v) is 3.54. The summed E-state index contributed by atoms with van der Waals surface area (Å²) in [6.45, 7) is 0.368. The van der Waals surface area contributed by atoms with Gasteiger partial charge in [0, 0.05) is 12.2 Å². The van der Waals surface area contributed by atoms with Crippen LogP contribution in [0.2, 0.25) is 0 Å². The lowest BCUT2D eigenvalue weighted by atomic mass is 10.2. The van der Waals surface area contributed by atoms with Gasteiger partial charge in [-0.25, -0.2) is 4.98 Å². The van der Waals surface area contributed by atoms with Crippen molar-refractivity contribution in [1.82, 2.24) is 14.5 Å². The van der Waals surface area contributed by atoms with Gasteiger partial charge in [-0.1, -0.05) is 30.3 Å². The third kappa shape index (κ3) is 3.51. The van der Waals surface area contributed by atoms with E-state index < -0.39 is 6.04 Å². The van der Waals surface area contributed by atoms with Crippen LogP contribution in [0.5, 0.6) is 0 Å². The van der Waals surface area contributed by atoms with Gasteiger partial charge in [-0.2, -0.15) is 0 Å². The molecule has 3 aromatic rings. The predicted octanol–water partition coefficient (Wildman–Crippen LogP) is 2.03. The molecular formula is C21H20N4O3. The first-order valence-electron chi connectivity index (χ1n) is 9.23. The molecule has 7 nitrogen and oxygen atoms in total. The van der Waals surface area contributed by atoms with E-state index in [-0.39, 0.29) is 23.9 Å². The molecule has 1 saturated heterocycles. The number of amides is 2. The lowest BCUT2D eigenvalue weighted by Gasteiger charge is -2.24. The summed E-state index contributed by atoms with van der Waals surface area (Å²) in [6.07, 6.45) is 2.75. The molecule has 1 aliphatic heterocycles. The van der Waals surface area contributed by atoms with Gasteiger partial charge in [0.25, 0.3) is 5.56 Å². The minimum absolute atomic E-state index is 0.133. The Morgan fingerprint density at radius 3 is 2.64 bits per heavy atom. The highest BCUT2D eigenvalue weighted by atomic mass is 16.2. The number of rotatable bonds is 4. The highest BCUT2D eigenvalue weighted by Gasteiger charge is 2.34. The zero-order valence-corrected chi connectivity index (χ0v) is 15.2. The number of likely N-dealkylation sites (tertiary alicyclic amines) is 1. The van der Waals surface area contributed by atoms with Crippen molar-refractivity contribution in [2.75, 3.05) is 11.9 Å². The van der Waals surface area contributed by atoms with Crippen LogP contribution in [0, 0.1) is 0 Å². The number of nitrogens with one attached hydrogen (secondary N) is 1. The summed E-state index contributed by atoms with van der Waals surface area (Å²) in [4.78, 5) is 43.9. The maximum atomic E-state index is 12.8. The van der Waals surface area contributed by atoms with Crippen molar-refractivity contribution >= 4 is 28.4 Å². The minimum Gasteiger partial charge on any atom is -0.329 e. The van der Waals surface area contributed by atoms with Crippen molar-refractivity contribution in [2.45, 2.75) is 25.4 Å². The monoisotopic (exact) mass is 376 g/mol. The number of carbonyl (C=O) groups is 2. The van der Waals surface area contributed by atoms with Crippen molar-refractivity contribution in [1.29, 1.82) is 0 Å². The molecule has 2 aromatic carbocycles. The molecule has 28 heavy (non-hydrogen) atoms. The molecule has 4 rings (SSSR count). The van der Waals surface area contributed by atoms with E-state index in [2.05, 4.69) is 10.3 Å². The summed E-state index contributed by atoms with van der Waals surface area (Å²) >= 11 is 0. The Morgan fingerprint density at radius 2 is 1.82 bits per heavy atom. The number of hydrogen-bond donors (Lipinski definition) is 1. The van der Waals surface area contributed by atoms with Crippen molar-refractivity contribution in [3.63, 3.8) is 0 Å². The van der Waals surface area contributed by atoms with Gasteiger partial charge >= 0.3 is 0 Å². The Hall–Kier alpha value is -3.48. The fourth-order valence-electron chi connectivity index (χ4n) is 3.54. The average molecular weight is 376 g/mol. The van der Waals surface area contributed by atoms with E-state index in [0.29, 0.717) is 29.6 Å². The zero-order chi connectivity index (χ0) is 19.5. The van der Waals surface area contributed by atoms with Crippen molar-refractivity contribution in [2.24, 2.45) is 0 Å². The summed E-state index contributed by atoms with van der Waals surface area (Å²) in [7, 11) is 0. The average Bonchev–Trinajstić information content (AvgIpc) is 3.21. The molecule has 0 aliphatic carbocycles. The molecule has 1 aromatic heterocycles. The van der Waals surface area contributed by atoms with E-state index in [1.165, 1.54) is 10.9 Å². The fraction of sp³-hybridized carbons (Fsp3) is 0.238. The van der Waals surface area contributed by atoms with Crippen LogP contribution in [0.25, 0.3) is 10.9 Å². The quantitative estimate of drug-likeness (QED) is 0.755. The molecular weight excluding hydrogens is 356 g/mol. The lowest BCUT2D eigenvalue weighted by molar-refractivity contribution is -0.137. The SMILES string of the molecule is O=C(Nc1ccccc1)[C@H]1CCCN1C(=O)Cn1cnc2ccccc2c1=O. The first kappa shape index (κ1) is 17.9. The van der Waals surface area contributed by atoms with Crippen LogP contribution in [0.4, 0.5) is 5.69 Å². The topological polar surface area (TPSA) is 84.3 Å². The highest BCUT2D eigenvalue weighted by Crippen LogP contribution is 2.20. The number of anilines is 1. The smallest absolute Gasteiger partial charge is 0.261 e. The van der Waals surface area contributed by atoms with Gasteiger partial charge in [0.1, 0.15) is 12.6 Å². The van der Waals surface area contributed by atoms with E-state index in [4.69, 9.17) is 0 Å². The predicted molar refractivity (Wildman–Crippen MR) is 106 cm³/mol. The third-order valence-electron chi connectivity index (χ3n) is 4.95. The van der Waals surface area contributed by atoms with E-state index in [9.17, 15) is 14.4 Å². The van der Waals surface area contributed by atoms with Gasteiger partial charge in [-0.05, 0) is 37.1 Å². The Bertz CT molecular complexity index is 1080. The zero-order valence-electron chi connectivity index (χ0n) is 15.2. The summed E-state index contributed by atoms with van der Waals surface area (Å²) in [5.74, 6) is -0.467. The number of fused-ring (bicyclic) bond motifs is 1. The molecule has 142 valence electrons. The molecule has 0 unspecified atom stereocenters. The van der Waals surface area contributed by atoms with Crippen LogP contribution in [-0.2, 0) is 16.1 Å². The molecule has 1 atom stereocenters. The Kier molecular flexibility index (Phi) is 4.89. The molecule has 7 heteroatoms. The molecule has 0 bridgehead atoms. The van der Waals surface area contributed by atoms with Gasteiger partial charge in [-0.3, -0.25) is 19.0 Å². The number of hydrogen-bond acceptors (Lipinski definition) is 4. The molecule has 1 N–H and O–H groups in total. The molecule has 1 aliphatic rings. The number of benzene rings is 2. The maximum Gasteiger partial charge on any atom is 0.261 e. The van der Waals surface area contributed by atoms with Gasteiger partial charge in [0.2, 0.25) is 11.8 Å². The van der Waals surface area contributed by atoms with Crippen molar-refractivity contribution < 1.29 is 9.59 Å². The van der Waals surface area contributed by atoms with E-state index in [0.717, 1.165) is 6.42 Å². The van der Waals surface area contributed by atoms with Crippen LogP contribution < -0.4 is 10.9 Å². The van der Waals surface area contributed by atoms with Crippen LogP contribution in [0.3, 0.4) is 0 Å². The number of aromatic nitrogens is 2. The van der Waals surface area contributed by atoms with Gasteiger partial charge in [0.05, 0.1) is 17.2 Å². The number of nitrogens with zero attached hydrogens (tertiary/aromatic N) is 3. The molecule has 0 saturated carbocycles. The Balaban J connectivity index is 1.50. The van der Waals surface area contributed by atoms with Crippen LogP contribution >= 0.6 is 0 Å². The summed E-state index contributed by atoms with van der Waals surface area (Å²) in [5, 5.41) is 3.32. The van der Waals surface area contributed by atoms with E-state index >= 15 is 0 Å². The summed E-state index contributed by atoms with van der Waals surface area (Å²) in [6, 6.07) is 15.7. The van der Waals surface area contributed by atoms with E-state index in [1.807, 2.05) is 24.3 Å². The highest BCUT2D eigenvalue weighted by molar-refractivity contribution is 5.97. The summed E-state index contributed by atoms with van der Waals surface area (Å²) in [5.41, 5.74) is 1.03. The second-order valence-corrected chi connectivity index (χ2v) is 6.80. The van der Waals surface area contributed by atoms with Crippen LogP contribution in [0.1, 0.15) is 12.8 Å². The Labute approximate surface area is 161 Å². The normalized spacial score (nSPS) is 16.3. The van der Waals surface area contributed by atoms with Crippen LogP contribution in [0.15, 0.2) is 65.7 Å². The van der Waals surface area contributed by atoms with Gasteiger partial charge < -0.3 is 10.2 Å². The van der Waals surface area contributed by atoms with E-state index in [1.54, 1.807) is 35.2 Å². The second-order valence-electron chi connectivity index (χ2n) is 6.80. The van der Waals surface area contributed by atoms with Gasteiger partial charge in [0.15, 0.2) is 0 Å². The summed E-state index contributed by atoms with van der Waals surface area (Å²) < 4.78 is 1.30. The number of para-hydroxylation sites is 2. The molecule has 2 heterocycles. The molecule has 2 amide bonds. The third-order valence-corrected chi connectivity index (χ3v) is 4.95. The first-order chi connectivity index (χ1) is 13.6. The first-order valence-corrected chi connectivity index (χ1v) is 9.23. The number of carbonyl (C=O) groups excluding carboxylic acids is 2. The molecule has 0 radical (unpaired) electrons. The lowest BCUT2D eigenvalue weighted by Crippen LogP contribution is -2.45. The van der Waals surface area contributed by atoms with Crippen molar-refractivity contribution in [3.05, 3.63) is 71.3 Å². The minimum atomic E-state index is -0.531. The van der Waals surface area contributed by atoms with Gasteiger partial charge in [-0.15, -0.1) is 0 Å². The molecule has 1 fully saturated rings.